The monoisotopic (exact) mass is 193 g/mol. The molecule has 0 saturated heterocycles. The number of aromatic nitrogens is 4. The molecule has 2 rings (SSSR count). The largest absolute Gasteiger partial charge is 0.343 e. The lowest BCUT2D eigenvalue weighted by Crippen LogP contribution is -2.12. The first kappa shape index (κ1) is 8.89. The van der Waals surface area contributed by atoms with Gasteiger partial charge in [-0.05, 0) is 6.92 Å². The molecule has 6 nitrogen and oxygen atoms in total. The Morgan fingerprint density at radius 3 is 3.14 bits per heavy atom. The van der Waals surface area contributed by atoms with Gasteiger partial charge in [0.15, 0.2) is 5.82 Å². The third-order valence-electron chi connectivity index (χ3n) is 2.12. The van der Waals surface area contributed by atoms with Crippen LogP contribution in [0.2, 0.25) is 0 Å². The second kappa shape index (κ2) is 3.59. The number of hydrogen-bond acceptors (Lipinski definition) is 5. The smallest absolute Gasteiger partial charge is 0.213 e. The minimum absolute atomic E-state index is 0.00481. The zero-order chi connectivity index (χ0) is 9.97. The molecule has 2 aromatic heterocycles. The molecule has 2 heterocycles. The Hall–Kier alpha value is -1.69. The van der Waals surface area contributed by atoms with Gasteiger partial charge in [0.2, 0.25) is 6.39 Å². The van der Waals surface area contributed by atoms with Crippen molar-refractivity contribution in [3.8, 4) is 0 Å². The zero-order valence-electron chi connectivity index (χ0n) is 7.79. The van der Waals surface area contributed by atoms with Gasteiger partial charge in [-0.25, -0.2) is 4.98 Å². The van der Waals surface area contributed by atoms with Crippen molar-refractivity contribution in [3.63, 3.8) is 0 Å². The van der Waals surface area contributed by atoms with Crippen LogP contribution in [0.5, 0.6) is 0 Å². The molecular weight excluding hydrogens is 182 g/mol. The summed E-state index contributed by atoms with van der Waals surface area (Å²) in [6.07, 6.45) is 4.75. The molecule has 0 aliphatic carbocycles. The van der Waals surface area contributed by atoms with E-state index in [1.165, 1.54) is 6.39 Å². The first-order valence-corrected chi connectivity index (χ1v) is 4.30. The topological polar surface area (TPSA) is 82.8 Å². The second-order valence-electron chi connectivity index (χ2n) is 2.96. The predicted molar refractivity (Wildman–Crippen MR) is 48.2 cm³/mol. The average Bonchev–Trinajstić information content (AvgIpc) is 2.87. The van der Waals surface area contributed by atoms with E-state index in [2.05, 4.69) is 19.6 Å². The fourth-order valence-electron chi connectivity index (χ4n) is 1.33. The van der Waals surface area contributed by atoms with Gasteiger partial charge in [0.1, 0.15) is 0 Å². The second-order valence-corrected chi connectivity index (χ2v) is 2.96. The van der Waals surface area contributed by atoms with Crippen LogP contribution in [0.3, 0.4) is 0 Å². The van der Waals surface area contributed by atoms with E-state index in [9.17, 15) is 0 Å². The van der Waals surface area contributed by atoms with E-state index < -0.39 is 0 Å². The van der Waals surface area contributed by atoms with Crippen molar-refractivity contribution < 1.29 is 4.52 Å². The van der Waals surface area contributed by atoms with Crippen LogP contribution in [0.15, 0.2) is 23.4 Å². The molecule has 14 heavy (non-hydrogen) atoms. The normalized spacial score (nSPS) is 13.0. The summed E-state index contributed by atoms with van der Waals surface area (Å²) in [5, 5.41) is 3.77. The van der Waals surface area contributed by atoms with Crippen molar-refractivity contribution in [2.45, 2.75) is 19.5 Å². The molecule has 0 aliphatic heterocycles. The van der Waals surface area contributed by atoms with E-state index in [0.29, 0.717) is 12.4 Å². The molecule has 0 fully saturated rings. The maximum absolute atomic E-state index is 5.56. The van der Waals surface area contributed by atoms with Gasteiger partial charge >= 0.3 is 0 Å². The van der Waals surface area contributed by atoms with Gasteiger partial charge < -0.3 is 14.8 Å². The Bertz CT molecular complexity index is 394. The third kappa shape index (κ3) is 1.39. The Labute approximate surface area is 80.7 Å². The van der Waals surface area contributed by atoms with Gasteiger partial charge in [0.25, 0.3) is 0 Å². The van der Waals surface area contributed by atoms with Crippen molar-refractivity contribution in [1.82, 2.24) is 19.7 Å². The Kier molecular flexibility index (Phi) is 2.28. The summed E-state index contributed by atoms with van der Waals surface area (Å²) in [6.45, 7) is 2.41. The van der Waals surface area contributed by atoms with Crippen LogP contribution >= 0.6 is 0 Å². The van der Waals surface area contributed by atoms with E-state index >= 15 is 0 Å². The lowest BCUT2D eigenvalue weighted by Gasteiger charge is -2.11. The summed E-state index contributed by atoms with van der Waals surface area (Å²) in [4.78, 5) is 8.00. The van der Waals surface area contributed by atoms with Crippen LogP contribution in [-0.4, -0.2) is 19.7 Å². The van der Waals surface area contributed by atoms with Crippen LogP contribution in [0.25, 0.3) is 0 Å². The summed E-state index contributed by atoms with van der Waals surface area (Å²) in [5.41, 5.74) is 6.51. The highest BCUT2D eigenvalue weighted by Gasteiger charge is 2.14. The number of imidazole rings is 1. The van der Waals surface area contributed by atoms with Crippen LogP contribution in [0.4, 0.5) is 0 Å². The maximum Gasteiger partial charge on any atom is 0.213 e. The molecule has 0 bridgehead atoms. The van der Waals surface area contributed by atoms with Crippen LogP contribution in [0, 0.1) is 0 Å². The SMILES string of the molecule is CC(c1ncon1)n1cncc1CN. The third-order valence-corrected chi connectivity index (χ3v) is 2.12. The predicted octanol–water partition coefficient (Wildman–Crippen LogP) is 0.334. The average molecular weight is 193 g/mol. The van der Waals surface area contributed by atoms with Crippen molar-refractivity contribution >= 4 is 0 Å². The molecule has 0 spiro atoms. The lowest BCUT2D eigenvalue weighted by atomic mass is 10.3. The minimum Gasteiger partial charge on any atom is -0.343 e. The zero-order valence-corrected chi connectivity index (χ0v) is 7.79. The van der Waals surface area contributed by atoms with E-state index in [1.807, 2.05) is 11.5 Å². The van der Waals surface area contributed by atoms with Gasteiger partial charge in [-0.2, -0.15) is 4.98 Å². The molecule has 2 aromatic rings. The van der Waals surface area contributed by atoms with Gasteiger partial charge in [-0.15, -0.1) is 0 Å². The van der Waals surface area contributed by atoms with Crippen molar-refractivity contribution in [1.29, 1.82) is 0 Å². The highest BCUT2D eigenvalue weighted by molar-refractivity contribution is 5.04. The summed E-state index contributed by atoms with van der Waals surface area (Å²) in [6, 6.07) is -0.00481. The molecular formula is C8H11N5O. The van der Waals surface area contributed by atoms with Crippen molar-refractivity contribution in [2.75, 3.05) is 0 Å². The molecule has 0 amide bonds. The number of nitrogens with two attached hydrogens (primary N) is 1. The fraction of sp³-hybridized carbons (Fsp3) is 0.375. The standard InChI is InChI=1S/C8H11N5O/c1-6(8-11-5-14-12-8)13-4-10-3-7(13)2-9/h3-6H,2,9H2,1H3. The number of rotatable bonds is 3. The molecule has 74 valence electrons. The quantitative estimate of drug-likeness (QED) is 0.759. The molecule has 6 heteroatoms. The van der Waals surface area contributed by atoms with Crippen LogP contribution in [0.1, 0.15) is 24.5 Å². The van der Waals surface area contributed by atoms with Crippen LogP contribution < -0.4 is 5.73 Å². The lowest BCUT2D eigenvalue weighted by molar-refractivity contribution is 0.400. The summed E-state index contributed by atoms with van der Waals surface area (Å²) >= 11 is 0. The Morgan fingerprint density at radius 1 is 1.64 bits per heavy atom. The van der Waals surface area contributed by atoms with Gasteiger partial charge in [0.05, 0.1) is 18.1 Å². The van der Waals surface area contributed by atoms with Gasteiger partial charge in [0, 0.05) is 12.7 Å². The molecule has 2 N–H and O–H groups in total. The van der Waals surface area contributed by atoms with Crippen molar-refractivity contribution in [3.05, 3.63) is 30.4 Å². The molecule has 1 atom stereocenters. The number of hydrogen-bond donors (Lipinski definition) is 1. The minimum atomic E-state index is -0.00481. The first-order valence-electron chi connectivity index (χ1n) is 4.30. The molecule has 0 saturated carbocycles. The van der Waals surface area contributed by atoms with E-state index in [4.69, 9.17) is 5.73 Å². The van der Waals surface area contributed by atoms with E-state index in [-0.39, 0.29) is 6.04 Å². The highest BCUT2D eigenvalue weighted by Crippen LogP contribution is 2.15. The molecule has 0 radical (unpaired) electrons. The molecule has 1 unspecified atom stereocenters. The summed E-state index contributed by atoms with van der Waals surface area (Å²) < 4.78 is 6.60. The van der Waals surface area contributed by atoms with Gasteiger partial charge in [-0.1, -0.05) is 5.16 Å². The molecule has 0 aromatic carbocycles. The summed E-state index contributed by atoms with van der Waals surface area (Å²) in [7, 11) is 0. The van der Waals surface area contributed by atoms with Crippen LogP contribution in [-0.2, 0) is 6.54 Å². The van der Waals surface area contributed by atoms with E-state index in [1.54, 1.807) is 12.5 Å². The summed E-state index contributed by atoms with van der Waals surface area (Å²) in [5.74, 6) is 0.623. The Balaban J connectivity index is 2.31. The van der Waals surface area contributed by atoms with Gasteiger partial charge in [-0.3, -0.25) is 0 Å². The fourth-order valence-corrected chi connectivity index (χ4v) is 1.33. The first-order chi connectivity index (χ1) is 6.83. The number of nitrogens with zero attached hydrogens (tertiary/aromatic N) is 4. The Morgan fingerprint density at radius 2 is 2.50 bits per heavy atom. The highest BCUT2D eigenvalue weighted by atomic mass is 16.5. The van der Waals surface area contributed by atoms with Crippen molar-refractivity contribution in [2.24, 2.45) is 5.73 Å². The van der Waals surface area contributed by atoms with E-state index in [0.717, 1.165) is 5.69 Å². The molecule has 0 aliphatic rings. The maximum atomic E-state index is 5.56.